The Balaban J connectivity index is 1.94. The molecule has 0 aliphatic rings. The first kappa shape index (κ1) is 19.0. The van der Waals surface area contributed by atoms with Crippen molar-refractivity contribution in [2.24, 2.45) is 0 Å². The predicted molar refractivity (Wildman–Crippen MR) is 104 cm³/mol. The fourth-order valence-electron chi connectivity index (χ4n) is 2.69. The molecule has 5 heteroatoms. The average Bonchev–Trinajstić information content (AvgIpc) is 2.70. The fourth-order valence-corrected chi connectivity index (χ4v) is 2.90. The van der Waals surface area contributed by atoms with Crippen LogP contribution in [0.15, 0.2) is 66.7 Å². The summed E-state index contributed by atoms with van der Waals surface area (Å²) < 4.78 is 11.4. The summed E-state index contributed by atoms with van der Waals surface area (Å²) in [4.78, 5) is 12.8. The molecule has 138 valence electrons. The van der Waals surface area contributed by atoms with Crippen LogP contribution in [0.5, 0.6) is 11.5 Å². The highest BCUT2D eigenvalue weighted by Gasteiger charge is 2.22. The highest BCUT2D eigenvalue weighted by Crippen LogP contribution is 2.33. The van der Waals surface area contributed by atoms with Gasteiger partial charge < -0.3 is 14.6 Å². The molecule has 27 heavy (non-hydrogen) atoms. The van der Waals surface area contributed by atoms with Gasteiger partial charge in [0.1, 0.15) is 23.7 Å². The summed E-state index contributed by atoms with van der Waals surface area (Å²) in [5, 5.41) is 9.88. The molecule has 0 aliphatic carbocycles. The lowest BCUT2D eigenvalue weighted by molar-refractivity contribution is 0.0728. The van der Waals surface area contributed by atoms with E-state index in [-0.39, 0.29) is 18.8 Å². The zero-order valence-corrected chi connectivity index (χ0v) is 15.6. The molecular formula is C22H19ClO4. The molecule has 0 aromatic heterocycles. The molecule has 0 saturated carbocycles. The molecule has 0 atom stereocenters. The van der Waals surface area contributed by atoms with Crippen molar-refractivity contribution in [1.29, 1.82) is 0 Å². The van der Waals surface area contributed by atoms with Gasteiger partial charge in [-0.2, -0.15) is 0 Å². The van der Waals surface area contributed by atoms with Crippen LogP contribution in [0.2, 0.25) is 5.02 Å². The predicted octanol–water partition coefficient (Wildman–Crippen LogP) is 4.94. The molecule has 0 bridgehead atoms. The zero-order chi connectivity index (χ0) is 19.2. The minimum Gasteiger partial charge on any atom is -0.488 e. The number of benzene rings is 3. The number of rotatable bonds is 6. The minimum absolute atomic E-state index is 0.247. The van der Waals surface area contributed by atoms with Crippen molar-refractivity contribution in [3.8, 4) is 11.5 Å². The third kappa shape index (κ3) is 4.48. The third-order valence-electron chi connectivity index (χ3n) is 4.10. The third-order valence-corrected chi connectivity index (χ3v) is 4.63. The first-order valence-electron chi connectivity index (χ1n) is 8.47. The van der Waals surface area contributed by atoms with Gasteiger partial charge in [0.2, 0.25) is 0 Å². The maximum atomic E-state index is 12.8. The van der Waals surface area contributed by atoms with Crippen molar-refractivity contribution in [3.05, 3.63) is 94.0 Å². The van der Waals surface area contributed by atoms with Crippen molar-refractivity contribution in [1.82, 2.24) is 0 Å². The molecule has 0 amide bonds. The molecular weight excluding hydrogens is 364 g/mol. The molecule has 0 spiro atoms. The number of hydrogen-bond acceptors (Lipinski definition) is 4. The molecule has 0 saturated heterocycles. The second-order valence-corrected chi connectivity index (χ2v) is 6.36. The Morgan fingerprint density at radius 1 is 1.04 bits per heavy atom. The van der Waals surface area contributed by atoms with Gasteiger partial charge in [-0.05, 0) is 36.2 Å². The Kier molecular flexibility index (Phi) is 6.12. The Hall–Kier alpha value is -2.82. The van der Waals surface area contributed by atoms with Crippen LogP contribution in [0.1, 0.15) is 27.0 Å². The summed E-state index contributed by atoms with van der Waals surface area (Å²) in [5.74, 6) is 0.192. The molecule has 4 nitrogen and oxygen atoms in total. The van der Waals surface area contributed by atoms with Crippen LogP contribution in [0.3, 0.4) is 0 Å². The number of ether oxygens (including phenoxy) is 2. The molecule has 0 aliphatic heterocycles. The van der Waals surface area contributed by atoms with Crippen LogP contribution < -0.4 is 9.47 Å². The van der Waals surface area contributed by atoms with Gasteiger partial charge >= 0.3 is 5.97 Å². The van der Waals surface area contributed by atoms with E-state index >= 15 is 0 Å². The molecule has 3 aromatic rings. The zero-order valence-electron chi connectivity index (χ0n) is 14.8. The van der Waals surface area contributed by atoms with E-state index in [4.69, 9.17) is 21.1 Å². The number of para-hydroxylation sites is 1. The van der Waals surface area contributed by atoms with Crippen molar-refractivity contribution in [2.75, 3.05) is 0 Å². The normalized spacial score (nSPS) is 10.5. The van der Waals surface area contributed by atoms with Crippen molar-refractivity contribution in [2.45, 2.75) is 20.1 Å². The monoisotopic (exact) mass is 382 g/mol. The summed E-state index contributed by atoms with van der Waals surface area (Å²) in [6.07, 6.45) is 0. The first-order chi connectivity index (χ1) is 13.1. The Bertz CT molecular complexity index is 924. The van der Waals surface area contributed by atoms with Crippen LogP contribution in [-0.2, 0) is 13.2 Å². The second kappa shape index (κ2) is 8.71. The number of hydrogen-bond donors (Lipinski definition) is 1. The van der Waals surface area contributed by atoms with Gasteiger partial charge in [-0.25, -0.2) is 4.79 Å². The first-order valence-corrected chi connectivity index (χ1v) is 8.84. The molecule has 0 radical (unpaired) electrons. The number of carbonyl (C=O) groups is 1. The molecule has 0 heterocycles. The van der Waals surface area contributed by atoms with E-state index in [9.17, 15) is 9.90 Å². The number of aliphatic hydroxyl groups is 1. The summed E-state index contributed by atoms with van der Waals surface area (Å²) in [6, 6.07) is 20.0. The van der Waals surface area contributed by atoms with Gasteiger partial charge in [-0.3, -0.25) is 0 Å². The van der Waals surface area contributed by atoms with E-state index in [1.807, 2.05) is 36.4 Å². The van der Waals surface area contributed by atoms with Crippen LogP contribution in [0, 0.1) is 6.92 Å². The minimum atomic E-state index is -0.562. The standard InChI is InChI=1S/C22H19ClO4/c1-15-20(22(25)27-18-10-6-3-7-11-18)19(12-17(13-24)21(15)23)26-14-16-8-4-2-5-9-16/h2-12,24H,13-14H2,1H3. The SMILES string of the molecule is Cc1c(Cl)c(CO)cc(OCc2ccccc2)c1C(=O)Oc1ccccc1. The number of esters is 1. The van der Waals surface area contributed by atoms with E-state index in [1.54, 1.807) is 37.3 Å². The van der Waals surface area contributed by atoms with Gasteiger partial charge in [-0.1, -0.05) is 60.1 Å². The number of halogens is 1. The van der Waals surface area contributed by atoms with Crippen LogP contribution in [0.4, 0.5) is 0 Å². The van der Waals surface area contributed by atoms with E-state index < -0.39 is 5.97 Å². The molecule has 3 rings (SSSR count). The van der Waals surface area contributed by atoms with E-state index in [1.165, 1.54) is 0 Å². The topological polar surface area (TPSA) is 55.8 Å². The van der Waals surface area contributed by atoms with E-state index in [0.29, 0.717) is 27.6 Å². The lowest BCUT2D eigenvalue weighted by Gasteiger charge is -2.17. The van der Waals surface area contributed by atoms with Crippen molar-refractivity contribution >= 4 is 17.6 Å². The summed E-state index contributed by atoms with van der Waals surface area (Å²) in [6.45, 7) is 1.73. The Morgan fingerprint density at radius 2 is 1.67 bits per heavy atom. The fraction of sp³-hybridized carbons (Fsp3) is 0.136. The lowest BCUT2D eigenvalue weighted by atomic mass is 10.0. The van der Waals surface area contributed by atoms with E-state index in [2.05, 4.69) is 0 Å². The highest BCUT2D eigenvalue weighted by molar-refractivity contribution is 6.32. The maximum Gasteiger partial charge on any atom is 0.347 e. The Morgan fingerprint density at radius 3 is 2.30 bits per heavy atom. The quantitative estimate of drug-likeness (QED) is 0.484. The number of aliphatic hydroxyl groups excluding tert-OH is 1. The average molecular weight is 383 g/mol. The maximum absolute atomic E-state index is 12.8. The summed E-state index contributed by atoms with van der Waals surface area (Å²) >= 11 is 6.31. The van der Waals surface area contributed by atoms with Gasteiger partial charge in [0, 0.05) is 5.56 Å². The summed E-state index contributed by atoms with van der Waals surface area (Å²) in [5.41, 5.74) is 2.20. The van der Waals surface area contributed by atoms with Gasteiger partial charge in [0.25, 0.3) is 0 Å². The largest absolute Gasteiger partial charge is 0.488 e. The molecule has 1 N–H and O–H groups in total. The second-order valence-electron chi connectivity index (χ2n) is 5.98. The van der Waals surface area contributed by atoms with Gasteiger partial charge in [0.05, 0.1) is 11.6 Å². The Labute approximate surface area is 162 Å². The molecule has 0 unspecified atom stereocenters. The molecule has 0 fully saturated rings. The van der Waals surface area contributed by atoms with Crippen LogP contribution >= 0.6 is 11.6 Å². The van der Waals surface area contributed by atoms with Crippen LogP contribution in [-0.4, -0.2) is 11.1 Å². The van der Waals surface area contributed by atoms with Crippen LogP contribution in [0.25, 0.3) is 0 Å². The lowest BCUT2D eigenvalue weighted by Crippen LogP contribution is -2.14. The molecule has 3 aromatic carbocycles. The van der Waals surface area contributed by atoms with Crippen molar-refractivity contribution < 1.29 is 19.4 Å². The number of carbonyl (C=O) groups excluding carboxylic acids is 1. The summed E-state index contributed by atoms with van der Waals surface area (Å²) in [7, 11) is 0. The van der Waals surface area contributed by atoms with Crippen molar-refractivity contribution in [3.63, 3.8) is 0 Å². The van der Waals surface area contributed by atoms with E-state index in [0.717, 1.165) is 5.56 Å². The van der Waals surface area contributed by atoms with Gasteiger partial charge in [0.15, 0.2) is 0 Å². The highest BCUT2D eigenvalue weighted by atomic mass is 35.5. The van der Waals surface area contributed by atoms with Gasteiger partial charge in [-0.15, -0.1) is 0 Å². The smallest absolute Gasteiger partial charge is 0.347 e.